The number of nitrogens with one attached hydrogen (secondary N) is 2. The van der Waals surface area contributed by atoms with Crippen molar-refractivity contribution in [2.45, 2.75) is 14.7 Å². The summed E-state index contributed by atoms with van der Waals surface area (Å²) in [5, 5.41) is 5.88. The number of hydrogen-bond donors (Lipinski definition) is 2. The molecule has 0 aliphatic heterocycles. The van der Waals surface area contributed by atoms with Crippen LogP contribution in [0.1, 0.15) is 0 Å². The molecule has 0 spiro atoms. The molecule has 3 aromatic carbocycles. The molecule has 3 aromatic rings. The van der Waals surface area contributed by atoms with Gasteiger partial charge in [-0.1, -0.05) is 54.2 Å². The van der Waals surface area contributed by atoms with E-state index in [-0.39, 0.29) is 24.9 Å². The molecule has 2 N–H and O–H groups in total. The van der Waals surface area contributed by atoms with Crippen molar-refractivity contribution in [2.24, 2.45) is 0 Å². The van der Waals surface area contributed by atoms with Gasteiger partial charge in [-0.25, -0.2) is 0 Å². The Bertz CT molecular complexity index is 1030. The molecule has 0 bridgehead atoms. The summed E-state index contributed by atoms with van der Waals surface area (Å²) in [6.45, 7) is 0.235. The molecule has 0 radical (unpaired) electrons. The summed E-state index contributed by atoms with van der Waals surface area (Å²) in [6, 6.07) is 25.4. The second-order valence-electron chi connectivity index (χ2n) is 6.88. The minimum atomic E-state index is -0.166. The van der Waals surface area contributed by atoms with Crippen LogP contribution in [0.5, 0.6) is 0 Å². The van der Waals surface area contributed by atoms with Gasteiger partial charge in [0.05, 0.1) is 24.5 Å². The van der Waals surface area contributed by atoms with E-state index in [1.807, 2.05) is 85.1 Å². The summed E-state index contributed by atoms with van der Waals surface area (Å²) >= 11 is 3.17. The molecule has 0 saturated heterocycles. The Balaban J connectivity index is 1.54. The van der Waals surface area contributed by atoms with Gasteiger partial charge >= 0.3 is 0 Å². The second-order valence-corrected chi connectivity index (χ2v) is 8.84. The van der Waals surface area contributed by atoms with Gasteiger partial charge < -0.3 is 10.6 Å². The summed E-state index contributed by atoms with van der Waals surface area (Å²) in [5.74, 6) is -0.322. The minimum Gasteiger partial charge on any atom is -0.324 e. The van der Waals surface area contributed by atoms with E-state index in [1.54, 1.807) is 35.5 Å². The summed E-state index contributed by atoms with van der Waals surface area (Å²) in [6.07, 6.45) is 1.97. The van der Waals surface area contributed by atoms with E-state index in [1.165, 1.54) is 0 Å². The van der Waals surface area contributed by atoms with Crippen LogP contribution >= 0.6 is 23.5 Å². The van der Waals surface area contributed by atoms with E-state index in [0.717, 1.165) is 26.1 Å². The van der Waals surface area contributed by atoms with E-state index in [9.17, 15) is 9.59 Å². The Morgan fingerprint density at radius 1 is 0.742 bits per heavy atom. The molecule has 0 saturated carbocycles. The first-order valence-electron chi connectivity index (χ1n) is 9.78. The number of benzene rings is 3. The van der Waals surface area contributed by atoms with Crippen LogP contribution in [0.25, 0.3) is 0 Å². The number of anilines is 2. The van der Waals surface area contributed by atoms with Crippen molar-refractivity contribution in [3.8, 4) is 0 Å². The predicted octanol–water partition coefficient (Wildman–Crippen LogP) is 5.07. The van der Waals surface area contributed by atoms with Gasteiger partial charge in [0.15, 0.2) is 0 Å². The minimum absolute atomic E-state index is 0.113. The largest absolute Gasteiger partial charge is 0.324 e. The molecule has 2 amide bonds. The third-order valence-electron chi connectivity index (χ3n) is 4.34. The monoisotopic (exact) mass is 451 g/mol. The van der Waals surface area contributed by atoms with Gasteiger partial charge in [0.25, 0.3) is 0 Å². The second kappa shape index (κ2) is 11.6. The summed E-state index contributed by atoms with van der Waals surface area (Å²) < 4.78 is 0. The van der Waals surface area contributed by atoms with Gasteiger partial charge in [-0.2, -0.15) is 0 Å². The zero-order chi connectivity index (χ0) is 22.1. The molecule has 0 aliphatic rings. The Hall–Kier alpha value is -2.74. The van der Waals surface area contributed by atoms with Crippen molar-refractivity contribution in [3.05, 3.63) is 78.9 Å². The third-order valence-corrected chi connectivity index (χ3v) is 6.22. The average Bonchev–Trinajstić information content (AvgIpc) is 2.76. The van der Waals surface area contributed by atoms with Crippen molar-refractivity contribution in [1.29, 1.82) is 0 Å². The number of nitrogens with zero attached hydrogens (tertiary/aromatic N) is 1. The van der Waals surface area contributed by atoms with Crippen LogP contribution in [0.3, 0.4) is 0 Å². The Morgan fingerprint density at radius 2 is 1.23 bits per heavy atom. The van der Waals surface area contributed by atoms with Gasteiger partial charge in [-0.15, -0.1) is 11.8 Å². The number of hydrogen-bond acceptors (Lipinski definition) is 5. The molecule has 0 fully saturated rings. The molecule has 0 aliphatic carbocycles. The lowest BCUT2D eigenvalue weighted by Crippen LogP contribution is -2.36. The lowest BCUT2D eigenvalue weighted by molar-refractivity contribution is -0.119. The van der Waals surface area contributed by atoms with Crippen LogP contribution in [0, 0.1) is 0 Å². The zero-order valence-electron chi connectivity index (χ0n) is 17.5. The van der Waals surface area contributed by atoms with Gasteiger partial charge in [0.2, 0.25) is 11.8 Å². The number of carbonyl (C=O) groups is 2. The highest BCUT2D eigenvalue weighted by atomic mass is 32.2. The molecule has 3 rings (SSSR count). The molecule has 31 heavy (non-hydrogen) atoms. The molecular formula is C24H25N3O2S2. The van der Waals surface area contributed by atoms with Crippen molar-refractivity contribution in [1.82, 2.24) is 4.90 Å². The van der Waals surface area contributed by atoms with Crippen molar-refractivity contribution in [3.63, 3.8) is 0 Å². The molecule has 5 nitrogen and oxygen atoms in total. The van der Waals surface area contributed by atoms with Gasteiger partial charge in [-0.05, 0) is 49.7 Å². The lowest BCUT2D eigenvalue weighted by atomic mass is 10.3. The van der Waals surface area contributed by atoms with Crippen molar-refractivity contribution in [2.75, 3.05) is 37.0 Å². The van der Waals surface area contributed by atoms with Gasteiger partial charge in [0.1, 0.15) is 0 Å². The van der Waals surface area contributed by atoms with E-state index in [4.69, 9.17) is 0 Å². The molecule has 0 unspecified atom stereocenters. The fourth-order valence-electron chi connectivity index (χ4n) is 2.95. The first kappa shape index (κ1) is 22.9. The highest BCUT2D eigenvalue weighted by Crippen LogP contribution is 2.33. The van der Waals surface area contributed by atoms with E-state index in [2.05, 4.69) is 10.6 Å². The number of amides is 2. The van der Waals surface area contributed by atoms with E-state index in [0.29, 0.717) is 0 Å². The molecular weight excluding hydrogens is 426 g/mol. The molecule has 0 aromatic heterocycles. The van der Waals surface area contributed by atoms with Gasteiger partial charge in [-0.3, -0.25) is 14.5 Å². The maximum absolute atomic E-state index is 12.6. The topological polar surface area (TPSA) is 61.4 Å². The Morgan fingerprint density at radius 3 is 1.81 bits per heavy atom. The van der Waals surface area contributed by atoms with Crippen LogP contribution in [-0.2, 0) is 9.59 Å². The smallest absolute Gasteiger partial charge is 0.238 e. The first-order chi connectivity index (χ1) is 15.0. The fraction of sp³-hybridized carbons (Fsp3) is 0.167. The van der Waals surface area contributed by atoms with E-state index >= 15 is 0 Å². The fourth-order valence-corrected chi connectivity index (χ4v) is 4.42. The molecule has 7 heteroatoms. The highest BCUT2D eigenvalue weighted by molar-refractivity contribution is 7.99. The molecule has 0 atom stereocenters. The van der Waals surface area contributed by atoms with Crippen LogP contribution in [0.4, 0.5) is 11.4 Å². The zero-order valence-corrected chi connectivity index (χ0v) is 19.1. The average molecular weight is 452 g/mol. The molecule has 0 heterocycles. The maximum atomic E-state index is 12.6. The highest BCUT2D eigenvalue weighted by Gasteiger charge is 2.14. The van der Waals surface area contributed by atoms with Crippen LogP contribution in [0.15, 0.2) is 93.5 Å². The quantitative estimate of drug-likeness (QED) is 0.445. The number of rotatable bonds is 9. The number of para-hydroxylation sites is 2. The number of likely N-dealkylation sites (N-methyl/N-ethyl adjacent to an activating group) is 1. The van der Waals surface area contributed by atoms with Crippen LogP contribution in [0.2, 0.25) is 0 Å². The Kier molecular flexibility index (Phi) is 8.58. The van der Waals surface area contributed by atoms with Crippen molar-refractivity contribution >= 4 is 46.7 Å². The van der Waals surface area contributed by atoms with Crippen LogP contribution in [-0.4, -0.2) is 43.1 Å². The maximum Gasteiger partial charge on any atom is 0.238 e. The predicted molar refractivity (Wildman–Crippen MR) is 130 cm³/mol. The summed E-state index contributed by atoms with van der Waals surface area (Å²) in [4.78, 5) is 29.7. The third kappa shape index (κ3) is 7.17. The molecule has 160 valence electrons. The summed E-state index contributed by atoms with van der Waals surface area (Å²) in [5.41, 5.74) is 1.54. The standard InChI is InChI=1S/C24H25N3O2S2/c1-27(16-23(28)25-19-12-6-8-14-21(19)30-2)17-24(29)26-20-13-7-9-15-22(20)31-18-10-4-3-5-11-18/h3-15H,16-17H2,1-2H3,(H,25,28)(H,26,29). The number of carbonyl (C=O) groups excluding carboxylic acids is 2. The Labute approximate surface area is 191 Å². The van der Waals surface area contributed by atoms with Crippen LogP contribution < -0.4 is 10.6 Å². The van der Waals surface area contributed by atoms with E-state index < -0.39 is 0 Å². The lowest BCUT2D eigenvalue weighted by Gasteiger charge is -2.17. The van der Waals surface area contributed by atoms with Gasteiger partial charge in [0, 0.05) is 14.7 Å². The first-order valence-corrected chi connectivity index (χ1v) is 11.8. The van der Waals surface area contributed by atoms with Crippen molar-refractivity contribution < 1.29 is 9.59 Å². The normalized spacial score (nSPS) is 10.7. The summed E-state index contributed by atoms with van der Waals surface area (Å²) in [7, 11) is 1.75. The number of thioether (sulfide) groups is 1. The SMILES string of the molecule is CSc1ccccc1NC(=O)CN(C)CC(=O)Nc1ccccc1Sc1ccccc1.